The van der Waals surface area contributed by atoms with E-state index in [0.29, 0.717) is 18.7 Å². The molecule has 0 amide bonds. The second-order valence-corrected chi connectivity index (χ2v) is 6.23. The van der Waals surface area contributed by atoms with E-state index in [1.807, 2.05) is 6.92 Å². The highest BCUT2D eigenvalue weighted by Gasteiger charge is 2.25. The van der Waals surface area contributed by atoms with E-state index in [1.165, 1.54) is 16.4 Å². The highest BCUT2D eigenvalue weighted by Crippen LogP contribution is 2.26. The molecule has 0 aliphatic rings. The largest absolute Gasteiger partial charge is 0.392 e. The molecule has 1 aromatic rings. The summed E-state index contributed by atoms with van der Waals surface area (Å²) in [5.74, 6) is 0. The first-order valence-electron chi connectivity index (χ1n) is 5.86. The van der Waals surface area contributed by atoms with E-state index in [9.17, 15) is 8.42 Å². The summed E-state index contributed by atoms with van der Waals surface area (Å²) in [6.07, 6.45) is 0.740. The molecule has 0 unspecified atom stereocenters. The minimum Gasteiger partial charge on any atom is -0.392 e. The summed E-state index contributed by atoms with van der Waals surface area (Å²) in [5.41, 5.74) is 0.533. The first-order valence-corrected chi connectivity index (χ1v) is 7.68. The first-order chi connectivity index (χ1) is 8.47. The molecule has 1 rings (SSSR count). The van der Waals surface area contributed by atoms with Crippen LogP contribution in [-0.2, 0) is 16.6 Å². The molecular weight excluding hydrogens is 274 g/mol. The molecule has 6 heteroatoms. The van der Waals surface area contributed by atoms with Crippen LogP contribution in [0.5, 0.6) is 0 Å². The number of halogens is 1. The number of nitrogens with zero attached hydrogens (tertiary/aromatic N) is 1. The van der Waals surface area contributed by atoms with Crippen LogP contribution in [0.2, 0.25) is 5.02 Å². The average Bonchev–Trinajstić information content (AvgIpc) is 2.36. The van der Waals surface area contributed by atoms with Crippen molar-refractivity contribution in [1.29, 1.82) is 0 Å². The maximum Gasteiger partial charge on any atom is 0.244 e. The monoisotopic (exact) mass is 291 g/mol. The number of aliphatic hydroxyl groups excluding tert-OH is 1. The van der Waals surface area contributed by atoms with Gasteiger partial charge in [-0.25, -0.2) is 8.42 Å². The van der Waals surface area contributed by atoms with Gasteiger partial charge in [0.15, 0.2) is 0 Å². The molecule has 1 N–H and O–H groups in total. The molecule has 0 bridgehead atoms. The van der Waals surface area contributed by atoms with E-state index in [1.54, 1.807) is 13.0 Å². The zero-order valence-electron chi connectivity index (χ0n) is 10.6. The first kappa shape index (κ1) is 15.4. The van der Waals surface area contributed by atoms with Gasteiger partial charge in [-0.15, -0.1) is 0 Å². The Balaban J connectivity index is 3.26. The van der Waals surface area contributed by atoms with Crippen LogP contribution in [0.25, 0.3) is 0 Å². The molecule has 4 nitrogen and oxygen atoms in total. The van der Waals surface area contributed by atoms with Crippen LogP contribution in [-0.4, -0.2) is 30.9 Å². The lowest BCUT2D eigenvalue weighted by Gasteiger charge is -2.20. The smallest absolute Gasteiger partial charge is 0.244 e. The Kier molecular flexibility index (Phi) is 5.59. The Morgan fingerprint density at radius 2 is 2.00 bits per heavy atom. The molecule has 102 valence electrons. The Morgan fingerprint density at radius 3 is 2.50 bits per heavy atom. The Labute approximate surface area is 113 Å². The van der Waals surface area contributed by atoms with Crippen LogP contribution < -0.4 is 0 Å². The van der Waals surface area contributed by atoms with Gasteiger partial charge < -0.3 is 5.11 Å². The van der Waals surface area contributed by atoms with E-state index in [0.717, 1.165) is 6.42 Å². The highest BCUT2D eigenvalue weighted by molar-refractivity contribution is 7.89. The quantitative estimate of drug-likeness (QED) is 0.874. The number of hydrogen-bond acceptors (Lipinski definition) is 3. The third-order valence-electron chi connectivity index (χ3n) is 2.62. The SMILES string of the molecule is CCCN(CC)S(=O)(=O)c1cc(CO)ccc1Cl. The molecule has 0 heterocycles. The van der Waals surface area contributed by atoms with E-state index in [4.69, 9.17) is 16.7 Å². The molecule has 0 saturated carbocycles. The standard InChI is InChI=1S/C12H18ClNO3S/c1-3-7-14(4-2)18(16,17)12-8-10(9-15)5-6-11(12)13/h5-6,8,15H,3-4,7,9H2,1-2H3. The summed E-state index contributed by atoms with van der Waals surface area (Å²) in [6, 6.07) is 4.53. The molecule has 0 saturated heterocycles. The van der Waals surface area contributed by atoms with Crippen LogP contribution in [0, 0.1) is 0 Å². The normalized spacial score (nSPS) is 12.1. The third kappa shape index (κ3) is 3.23. The van der Waals surface area contributed by atoms with Crippen LogP contribution >= 0.6 is 11.6 Å². The van der Waals surface area contributed by atoms with Gasteiger partial charge in [-0.1, -0.05) is 31.5 Å². The molecule has 0 atom stereocenters. The van der Waals surface area contributed by atoms with Crippen molar-refractivity contribution in [1.82, 2.24) is 4.31 Å². The second kappa shape index (κ2) is 6.52. The lowest BCUT2D eigenvalue weighted by atomic mass is 10.2. The summed E-state index contributed by atoms with van der Waals surface area (Å²) >= 11 is 5.95. The number of benzene rings is 1. The van der Waals surface area contributed by atoms with Crippen molar-refractivity contribution in [2.24, 2.45) is 0 Å². The van der Waals surface area contributed by atoms with Crippen LogP contribution in [0.15, 0.2) is 23.1 Å². The van der Waals surface area contributed by atoms with Crippen molar-refractivity contribution in [3.8, 4) is 0 Å². The van der Waals surface area contributed by atoms with Gasteiger partial charge in [0.2, 0.25) is 10.0 Å². The molecule has 18 heavy (non-hydrogen) atoms. The number of hydrogen-bond donors (Lipinski definition) is 1. The molecule has 0 radical (unpaired) electrons. The Bertz CT molecular complexity index is 502. The van der Waals surface area contributed by atoms with Gasteiger partial charge in [-0.05, 0) is 24.1 Å². The van der Waals surface area contributed by atoms with E-state index < -0.39 is 10.0 Å². The molecule has 0 aliphatic carbocycles. The number of sulfonamides is 1. The minimum absolute atomic E-state index is 0.0611. The van der Waals surface area contributed by atoms with Crippen LogP contribution in [0.4, 0.5) is 0 Å². The summed E-state index contributed by atoms with van der Waals surface area (Å²) in [7, 11) is -3.59. The molecule has 1 aromatic carbocycles. The Hall–Kier alpha value is -0.620. The summed E-state index contributed by atoms with van der Waals surface area (Å²) in [6.45, 7) is 4.36. The molecular formula is C12H18ClNO3S. The van der Waals surface area contributed by atoms with Crippen molar-refractivity contribution in [2.75, 3.05) is 13.1 Å². The van der Waals surface area contributed by atoms with Gasteiger partial charge in [0.1, 0.15) is 4.90 Å². The van der Waals surface area contributed by atoms with E-state index >= 15 is 0 Å². The van der Waals surface area contributed by atoms with Gasteiger partial charge in [0, 0.05) is 13.1 Å². The lowest BCUT2D eigenvalue weighted by molar-refractivity contribution is 0.281. The zero-order chi connectivity index (χ0) is 13.8. The predicted molar refractivity (Wildman–Crippen MR) is 72.1 cm³/mol. The molecule has 0 aromatic heterocycles. The van der Waals surface area contributed by atoms with Crippen molar-refractivity contribution < 1.29 is 13.5 Å². The van der Waals surface area contributed by atoms with Crippen LogP contribution in [0.1, 0.15) is 25.8 Å². The van der Waals surface area contributed by atoms with Gasteiger partial charge in [0.05, 0.1) is 11.6 Å². The van der Waals surface area contributed by atoms with Gasteiger partial charge in [-0.3, -0.25) is 0 Å². The number of aliphatic hydroxyl groups is 1. The summed E-state index contributed by atoms with van der Waals surface area (Å²) in [4.78, 5) is 0.0611. The third-order valence-corrected chi connectivity index (χ3v) is 5.08. The van der Waals surface area contributed by atoms with Crippen LogP contribution in [0.3, 0.4) is 0 Å². The molecule has 0 aliphatic heterocycles. The van der Waals surface area contributed by atoms with E-state index in [-0.39, 0.29) is 16.5 Å². The minimum atomic E-state index is -3.59. The van der Waals surface area contributed by atoms with Gasteiger partial charge in [0.25, 0.3) is 0 Å². The highest BCUT2D eigenvalue weighted by atomic mass is 35.5. The maximum absolute atomic E-state index is 12.4. The summed E-state index contributed by atoms with van der Waals surface area (Å²) < 4.78 is 26.2. The fourth-order valence-corrected chi connectivity index (χ4v) is 3.75. The van der Waals surface area contributed by atoms with Gasteiger partial charge >= 0.3 is 0 Å². The molecule has 0 fully saturated rings. The van der Waals surface area contributed by atoms with Crippen molar-refractivity contribution in [3.63, 3.8) is 0 Å². The van der Waals surface area contributed by atoms with E-state index in [2.05, 4.69) is 0 Å². The van der Waals surface area contributed by atoms with Crippen molar-refractivity contribution in [2.45, 2.75) is 31.8 Å². The predicted octanol–water partition coefficient (Wildman–Crippen LogP) is 2.25. The zero-order valence-corrected chi connectivity index (χ0v) is 12.1. The van der Waals surface area contributed by atoms with Crippen molar-refractivity contribution in [3.05, 3.63) is 28.8 Å². The number of rotatable bonds is 6. The maximum atomic E-state index is 12.4. The topological polar surface area (TPSA) is 57.6 Å². The van der Waals surface area contributed by atoms with Crippen molar-refractivity contribution >= 4 is 21.6 Å². The Morgan fingerprint density at radius 1 is 1.33 bits per heavy atom. The fourth-order valence-electron chi connectivity index (χ4n) is 1.68. The summed E-state index contributed by atoms with van der Waals surface area (Å²) in [5, 5.41) is 9.25. The van der Waals surface area contributed by atoms with Gasteiger partial charge in [-0.2, -0.15) is 4.31 Å². The average molecular weight is 292 g/mol. The fraction of sp³-hybridized carbons (Fsp3) is 0.500. The molecule has 0 spiro atoms. The lowest BCUT2D eigenvalue weighted by Crippen LogP contribution is -2.31. The second-order valence-electron chi connectivity index (χ2n) is 3.92.